The maximum absolute atomic E-state index is 12.2. The molecule has 14 nitrogen and oxygen atoms in total. The number of hydrogen-bond acceptors (Lipinski definition) is 14. The lowest BCUT2D eigenvalue weighted by atomic mass is 9.41. The van der Waals surface area contributed by atoms with E-state index in [2.05, 4.69) is 34.6 Å². The Morgan fingerprint density at radius 3 is 2.02 bits per heavy atom. The molecule has 21 atom stereocenters. The summed E-state index contributed by atoms with van der Waals surface area (Å²) in [5.74, 6) is -0.235. The second-order valence-electron chi connectivity index (χ2n) is 21.0. The number of fused-ring (bicyclic) bond motifs is 2. The van der Waals surface area contributed by atoms with Gasteiger partial charge in [0.25, 0.3) is 0 Å². The van der Waals surface area contributed by atoms with Crippen molar-refractivity contribution in [3.63, 3.8) is 0 Å². The van der Waals surface area contributed by atoms with E-state index in [1.807, 2.05) is 13.8 Å². The van der Waals surface area contributed by atoms with E-state index in [0.29, 0.717) is 32.1 Å². The van der Waals surface area contributed by atoms with E-state index in [0.717, 1.165) is 25.7 Å². The van der Waals surface area contributed by atoms with Gasteiger partial charge in [0.05, 0.1) is 48.8 Å². The van der Waals surface area contributed by atoms with Gasteiger partial charge in [-0.1, -0.05) is 27.7 Å². The van der Waals surface area contributed by atoms with Crippen LogP contribution >= 0.6 is 0 Å². The van der Waals surface area contributed by atoms with Crippen molar-refractivity contribution >= 4 is 0 Å². The van der Waals surface area contributed by atoms with E-state index >= 15 is 0 Å². The van der Waals surface area contributed by atoms with Crippen LogP contribution in [0, 0.1) is 44.8 Å². The summed E-state index contributed by atoms with van der Waals surface area (Å²) in [5, 5.41) is 97.2. The van der Waals surface area contributed by atoms with Gasteiger partial charge in [0.15, 0.2) is 12.6 Å². The predicted molar refractivity (Wildman–Crippen MR) is 194 cm³/mol. The van der Waals surface area contributed by atoms with Crippen molar-refractivity contribution in [2.24, 2.45) is 44.8 Å². The third-order valence-electron chi connectivity index (χ3n) is 17.7. The van der Waals surface area contributed by atoms with Crippen molar-refractivity contribution in [3.8, 4) is 0 Å². The second-order valence-corrected chi connectivity index (χ2v) is 21.0. The number of ether oxygens (including phenoxy) is 5. The first-order valence-electron chi connectivity index (χ1n) is 20.9. The fraction of sp³-hybridized carbons (Fsp3) is 1.00. The van der Waals surface area contributed by atoms with Gasteiger partial charge < -0.3 is 69.6 Å². The van der Waals surface area contributed by atoms with Crippen molar-refractivity contribution < 1.29 is 69.6 Å². The second kappa shape index (κ2) is 13.2. The van der Waals surface area contributed by atoms with Gasteiger partial charge >= 0.3 is 0 Å². The molecule has 8 aliphatic rings. The van der Waals surface area contributed by atoms with Crippen LogP contribution in [0.1, 0.15) is 106 Å². The average molecular weight is 785 g/mol. The Labute approximate surface area is 324 Å². The standard InChI is InChI=1S/C41H68O14/c1-35(2)25(54-33-29(49)26(46)20(44)17-51-33)9-11-41-18-40(41)13-12-37(5)31(39(7)10-8-24(45)36(3,4)55-39)19(43)15-38(37,6)23(40)14-21(32(35)41)52-34-30(50)28(48)27(47)22(16-42)53-34/h19-34,42-50H,8-18H2,1-7H3. The maximum Gasteiger partial charge on any atom is 0.186 e. The molecule has 8 rings (SSSR count). The normalized spacial score (nSPS) is 59.6. The summed E-state index contributed by atoms with van der Waals surface area (Å²) in [5.41, 5.74) is -2.96. The molecule has 3 saturated heterocycles. The largest absolute Gasteiger partial charge is 0.394 e. The molecule has 3 aliphatic heterocycles. The van der Waals surface area contributed by atoms with Crippen molar-refractivity contribution in [3.05, 3.63) is 0 Å². The molecule has 5 saturated carbocycles. The smallest absolute Gasteiger partial charge is 0.186 e. The molecule has 55 heavy (non-hydrogen) atoms. The quantitative estimate of drug-likeness (QED) is 0.169. The Balaban J connectivity index is 1.16. The lowest BCUT2D eigenvalue weighted by molar-refractivity contribution is -0.339. The molecule has 2 spiro atoms. The number of rotatable bonds is 6. The van der Waals surface area contributed by atoms with Gasteiger partial charge in [-0.05, 0) is 117 Å². The minimum Gasteiger partial charge on any atom is -0.394 e. The van der Waals surface area contributed by atoms with Gasteiger partial charge in [-0.15, -0.1) is 0 Å². The summed E-state index contributed by atoms with van der Waals surface area (Å²) in [7, 11) is 0. The molecular weight excluding hydrogens is 716 g/mol. The topological polar surface area (TPSA) is 228 Å². The zero-order valence-electron chi connectivity index (χ0n) is 33.6. The first-order valence-corrected chi connectivity index (χ1v) is 20.9. The summed E-state index contributed by atoms with van der Waals surface area (Å²) in [6, 6.07) is 0. The monoisotopic (exact) mass is 784 g/mol. The van der Waals surface area contributed by atoms with Gasteiger partial charge in [0, 0.05) is 5.92 Å². The average Bonchev–Trinajstić information content (AvgIpc) is 3.70. The minimum absolute atomic E-state index is 0.0665. The summed E-state index contributed by atoms with van der Waals surface area (Å²) in [6.07, 6.45) is -8.00. The van der Waals surface area contributed by atoms with Gasteiger partial charge in [0.1, 0.15) is 42.7 Å². The molecule has 0 bridgehead atoms. The van der Waals surface area contributed by atoms with Crippen LogP contribution in [0.25, 0.3) is 0 Å². The Morgan fingerprint density at radius 2 is 1.35 bits per heavy atom. The third-order valence-corrected chi connectivity index (χ3v) is 17.7. The molecule has 21 unspecified atom stereocenters. The molecule has 14 heteroatoms. The zero-order valence-corrected chi connectivity index (χ0v) is 33.6. The first kappa shape index (κ1) is 41.2. The molecule has 0 aromatic carbocycles. The molecule has 0 radical (unpaired) electrons. The lowest BCUT2D eigenvalue weighted by Gasteiger charge is -2.66. The van der Waals surface area contributed by atoms with Gasteiger partial charge in [-0.2, -0.15) is 0 Å². The Hall–Kier alpha value is -0.560. The van der Waals surface area contributed by atoms with Crippen molar-refractivity contribution in [1.29, 1.82) is 0 Å². The Morgan fingerprint density at radius 1 is 0.655 bits per heavy atom. The van der Waals surface area contributed by atoms with Crippen LogP contribution in [-0.2, 0) is 23.7 Å². The van der Waals surface area contributed by atoms with Crippen molar-refractivity contribution in [2.75, 3.05) is 13.2 Å². The van der Waals surface area contributed by atoms with Crippen LogP contribution in [0.15, 0.2) is 0 Å². The number of aliphatic hydroxyl groups is 9. The van der Waals surface area contributed by atoms with E-state index in [4.69, 9.17) is 23.7 Å². The molecule has 0 amide bonds. The van der Waals surface area contributed by atoms with Crippen LogP contribution in [0.3, 0.4) is 0 Å². The number of aliphatic hydroxyl groups excluding tert-OH is 9. The van der Waals surface area contributed by atoms with E-state index in [1.54, 1.807) is 0 Å². The van der Waals surface area contributed by atoms with E-state index in [9.17, 15) is 46.0 Å². The summed E-state index contributed by atoms with van der Waals surface area (Å²) in [6.45, 7) is 14.1. The summed E-state index contributed by atoms with van der Waals surface area (Å²) >= 11 is 0. The lowest BCUT2D eigenvalue weighted by Crippen LogP contribution is -2.66. The highest BCUT2D eigenvalue weighted by Gasteiger charge is 2.85. The molecule has 0 aromatic rings. The molecule has 316 valence electrons. The third kappa shape index (κ3) is 5.63. The van der Waals surface area contributed by atoms with E-state index in [-0.39, 0.29) is 46.0 Å². The minimum atomic E-state index is -1.60. The van der Waals surface area contributed by atoms with Gasteiger partial charge in [-0.3, -0.25) is 0 Å². The van der Waals surface area contributed by atoms with Crippen LogP contribution < -0.4 is 0 Å². The highest BCUT2D eigenvalue weighted by atomic mass is 16.7. The van der Waals surface area contributed by atoms with Crippen molar-refractivity contribution in [2.45, 2.75) is 197 Å². The zero-order chi connectivity index (χ0) is 40.1. The van der Waals surface area contributed by atoms with Crippen LogP contribution in [0.4, 0.5) is 0 Å². The molecule has 5 aliphatic carbocycles. The van der Waals surface area contributed by atoms with Crippen molar-refractivity contribution in [1.82, 2.24) is 0 Å². The SMILES string of the molecule is CC1(C)OC(C)(C2C(O)CC3(C)C4CC(OC5OC(CO)C(O)C(O)C5O)C5C(C)(C)C(OC6OCC(O)C(O)C6O)CCC56CC46CCC23C)CCC1O. The molecule has 0 aromatic heterocycles. The maximum atomic E-state index is 12.2. The molecule has 8 fully saturated rings. The Bertz CT molecular complexity index is 1460. The van der Waals surface area contributed by atoms with E-state index < -0.39 is 103 Å². The van der Waals surface area contributed by atoms with Crippen LogP contribution in [0.2, 0.25) is 0 Å². The number of hydrogen-bond donors (Lipinski definition) is 9. The first-order chi connectivity index (χ1) is 25.5. The van der Waals surface area contributed by atoms with Gasteiger partial charge in [0.2, 0.25) is 0 Å². The van der Waals surface area contributed by atoms with Gasteiger partial charge in [-0.25, -0.2) is 0 Å². The summed E-state index contributed by atoms with van der Waals surface area (Å²) in [4.78, 5) is 0. The molecule has 9 N–H and O–H groups in total. The fourth-order valence-corrected chi connectivity index (χ4v) is 15.0. The summed E-state index contributed by atoms with van der Waals surface area (Å²) < 4.78 is 32.0. The highest BCUT2D eigenvalue weighted by Crippen LogP contribution is 2.89. The van der Waals surface area contributed by atoms with Crippen LogP contribution in [0.5, 0.6) is 0 Å². The molecular formula is C41H68O14. The highest BCUT2D eigenvalue weighted by molar-refractivity contribution is 5.33. The van der Waals surface area contributed by atoms with Crippen LogP contribution in [-0.4, -0.2) is 150 Å². The fourth-order valence-electron chi connectivity index (χ4n) is 15.0. The van der Waals surface area contributed by atoms with E-state index in [1.165, 1.54) is 0 Å². The predicted octanol–water partition coefficient (Wildman–Crippen LogP) is 0.724. The Kier molecular flexibility index (Phi) is 9.90. The molecule has 3 heterocycles.